The lowest BCUT2D eigenvalue weighted by molar-refractivity contribution is -0.0603. The highest BCUT2D eigenvalue weighted by Crippen LogP contribution is 2.31. The summed E-state index contributed by atoms with van der Waals surface area (Å²) >= 11 is 0. The molecule has 25 heavy (non-hydrogen) atoms. The van der Waals surface area contributed by atoms with Gasteiger partial charge in [-0.2, -0.15) is 4.98 Å². The van der Waals surface area contributed by atoms with E-state index >= 15 is 0 Å². The first kappa shape index (κ1) is 16.3. The number of fused-ring (bicyclic) bond motifs is 1. The molecule has 1 saturated heterocycles. The number of carbonyl (C=O) groups excluding carboxylic acids is 1. The maximum atomic E-state index is 13.2. The van der Waals surface area contributed by atoms with E-state index in [1.807, 2.05) is 6.92 Å². The van der Waals surface area contributed by atoms with Crippen LogP contribution in [-0.2, 0) is 17.6 Å². The van der Waals surface area contributed by atoms with Crippen molar-refractivity contribution in [3.63, 3.8) is 0 Å². The second-order valence-corrected chi connectivity index (χ2v) is 6.69. The highest BCUT2D eigenvalue weighted by atomic mass is 16.5. The van der Waals surface area contributed by atoms with Crippen LogP contribution in [0.2, 0.25) is 0 Å². The number of aryl methyl sites for hydroxylation is 2. The fraction of sp³-hybridized carbons (Fsp3) is 0.647. The van der Waals surface area contributed by atoms with Gasteiger partial charge in [0, 0.05) is 18.5 Å². The van der Waals surface area contributed by atoms with Crippen molar-refractivity contribution >= 4 is 5.91 Å². The van der Waals surface area contributed by atoms with Crippen LogP contribution in [0.3, 0.4) is 0 Å². The third kappa shape index (κ3) is 2.95. The van der Waals surface area contributed by atoms with Gasteiger partial charge in [0.15, 0.2) is 11.5 Å². The third-order valence-corrected chi connectivity index (χ3v) is 4.95. The summed E-state index contributed by atoms with van der Waals surface area (Å²) in [5, 5.41) is 7.95. The minimum Gasteiger partial charge on any atom is -0.374 e. The Morgan fingerprint density at radius 1 is 1.16 bits per heavy atom. The molecule has 2 aliphatic rings. The van der Waals surface area contributed by atoms with Crippen molar-refractivity contribution in [2.24, 2.45) is 0 Å². The molecule has 1 aliphatic heterocycles. The number of rotatable bonds is 2. The van der Waals surface area contributed by atoms with Crippen LogP contribution >= 0.6 is 0 Å². The van der Waals surface area contributed by atoms with Crippen molar-refractivity contribution in [2.75, 3.05) is 13.2 Å². The molecular weight excluding hydrogens is 324 g/mol. The molecule has 0 bridgehead atoms. The number of ether oxygens (including phenoxy) is 1. The topological polar surface area (TPSA) is 94.5 Å². The summed E-state index contributed by atoms with van der Waals surface area (Å²) in [5.74, 6) is 1.64. The molecule has 8 heteroatoms. The Morgan fingerprint density at radius 2 is 2.00 bits per heavy atom. The van der Waals surface area contributed by atoms with E-state index in [-0.39, 0.29) is 12.0 Å². The van der Waals surface area contributed by atoms with Crippen LogP contribution in [0, 0.1) is 6.92 Å². The first-order valence-corrected chi connectivity index (χ1v) is 8.85. The van der Waals surface area contributed by atoms with E-state index in [1.165, 1.54) is 0 Å². The molecule has 2 aromatic rings. The number of amides is 1. The molecule has 8 nitrogen and oxygen atoms in total. The highest BCUT2D eigenvalue weighted by Gasteiger charge is 2.40. The zero-order chi connectivity index (χ0) is 17.4. The second-order valence-electron chi connectivity index (χ2n) is 6.69. The van der Waals surface area contributed by atoms with Crippen LogP contribution in [-0.4, -0.2) is 45.4 Å². The Kier molecular flexibility index (Phi) is 4.29. The van der Waals surface area contributed by atoms with E-state index in [1.54, 1.807) is 11.8 Å². The van der Waals surface area contributed by atoms with E-state index in [0.717, 1.165) is 43.4 Å². The second kappa shape index (κ2) is 6.59. The fourth-order valence-electron chi connectivity index (χ4n) is 3.68. The van der Waals surface area contributed by atoms with Crippen LogP contribution < -0.4 is 0 Å². The fourth-order valence-corrected chi connectivity index (χ4v) is 3.68. The smallest absolute Gasteiger partial charge is 0.277 e. The van der Waals surface area contributed by atoms with Gasteiger partial charge >= 0.3 is 0 Å². The number of nitrogens with zero attached hydrogens (tertiary/aromatic N) is 4. The van der Waals surface area contributed by atoms with Gasteiger partial charge in [-0.1, -0.05) is 16.7 Å². The highest BCUT2D eigenvalue weighted by molar-refractivity contribution is 5.94. The monoisotopic (exact) mass is 346 g/mol. The summed E-state index contributed by atoms with van der Waals surface area (Å²) in [6.45, 7) is 4.59. The summed E-state index contributed by atoms with van der Waals surface area (Å²) in [6, 6.07) is -0.416. The number of morpholine rings is 1. The van der Waals surface area contributed by atoms with Crippen molar-refractivity contribution < 1.29 is 18.6 Å². The lowest BCUT2D eigenvalue weighted by Crippen LogP contribution is -2.47. The van der Waals surface area contributed by atoms with Gasteiger partial charge in [-0.25, -0.2) is 0 Å². The predicted octanol–water partition coefficient (Wildman–Crippen LogP) is 2.24. The molecule has 3 heterocycles. The van der Waals surface area contributed by atoms with E-state index < -0.39 is 6.04 Å². The summed E-state index contributed by atoms with van der Waals surface area (Å²) in [5.41, 5.74) is 1.38. The maximum Gasteiger partial charge on any atom is 0.277 e. The van der Waals surface area contributed by atoms with Gasteiger partial charge in [0.05, 0.1) is 12.7 Å². The van der Waals surface area contributed by atoms with E-state index in [9.17, 15) is 4.79 Å². The minimum absolute atomic E-state index is 0.150. The Labute approximate surface area is 145 Å². The summed E-state index contributed by atoms with van der Waals surface area (Å²) in [6.07, 6.45) is 4.74. The van der Waals surface area contributed by atoms with Crippen molar-refractivity contribution in [1.29, 1.82) is 0 Å². The largest absolute Gasteiger partial charge is 0.374 e. The van der Waals surface area contributed by atoms with Crippen LogP contribution in [0.4, 0.5) is 0 Å². The number of hydrogen-bond acceptors (Lipinski definition) is 7. The molecule has 0 radical (unpaired) electrons. The van der Waals surface area contributed by atoms with Crippen LogP contribution in [0.5, 0.6) is 0 Å². The Morgan fingerprint density at radius 3 is 2.80 bits per heavy atom. The van der Waals surface area contributed by atoms with Crippen LogP contribution in [0.15, 0.2) is 9.05 Å². The molecular formula is C17H22N4O4. The summed E-state index contributed by atoms with van der Waals surface area (Å²) < 4.78 is 16.5. The average molecular weight is 346 g/mol. The van der Waals surface area contributed by atoms with Gasteiger partial charge in [0.1, 0.15) is 11.8 Å². The molecule has 2 aromatic heterocycles. The zero-order valence-electron chi connectivity index (χ0n) is 14.5. The average Bonchev–Trinajstić information content (AvgIpc) is 3.13. The van der Waals surface area contributed by atoms with Gasteiger partial charge in [0.2, 0.25) is 0 Å². The van der Waals surface area contributed by atoms with E-state index in [4.69, 9.17) is 13.8 Å². The van der Waals surface area contributed by atoms with Gasteiger partial charge in [-0.05, 0) is 33.1 Å². The number of hydrogen-bond donors (Lipinski definition) is 0. The summed E-state index contributed by atoms with van der Waals surface area (Å²) in [7, 11) is 0. The maximum absolute atomic E-state index is 13.2. The SMILES string of the molecule is Cc1noc([C@@H]2[C@@H](C)OCCN2C(=O)c2noc3c2CCCCC3)n1. The zero-order valence-corrected chi connectivity index (χ0v) is 14.5. The minimum atomic E-state index is -0.416. The molecule has 1 amide bonds. The Bertz CT molecular complexity index is 769. The van der Waals surface area contributed by atoms with Crippen LogP contribution in [0.1, 0.15) is 65.8 Å². The molecule has 0 N–H and O–H groups in total. The standard InChI is InChI=1S/C17H22N4O4/c1-10-15(16-18-11(2)19-25-16)21(8-9-23-10)17(22)14-12-6-4-3-5-7-13(12)24-20-14/h10,15H,3-9H2,1-2H3/t10-,15+/m1/s1. The van der Waals surface area contributed by atoms with Gasteiger partial charge in [-0.15, -0.1) is 0 Å². The molecule has 134 valence electrons. The summed E-state index contributed by atoms with van der Waals surface area (Å²) in [4.78, 5) is 19.3. The van der Waals surface area contributed by atoms with Crippen molar-refractivity contribution in [1.82, 2.24) is 20.2 Å². The predicted molar refractivity (Wildman–Crippen MR) is 86.0 cm³/mol. The van der Waals surface area contributed by atoms with Crippen molar-refractivity contribution in [3.05, 3.63) is 28.7 Å². The van der Waals surface area contributed by atoms with Gasteiger partial charge in [-0.3, -0.25) is 4.79 Å². The first-order valence-electron chi connectivity index (χ1n) is 8.85. The first-order chi connectivity index (χ1) is 12.1. The molecule has 0 aromatic carbocycles. The molecule has 0 spiro atoms. The Balaban J connectivity index is 1.67. The molecule has 1 fully saturated rings. The number of carbonyl (C=O) groups is 1. The lowest BCUT2D eigenvalue weighted by Gasteiger charge is -2.37. The van der Waals surface area contributed by atoms with Gasteiger partial charge in [0.25, 0.3) is 11.8 Å². The number of aromatic nitrogens is 3. The van der Waals surface area contributed by atoms with E-state index in [2.05, 4.69) is 15.3 Å². The molecule has 0 unspecified atom stereocenters. The molecule has 0 saturated carbocycles. The third-order valence-electron chi connectivity index (χ3n) is 4.95. The lowest BCUT2D eigenvalue weighted by atomic mass is 10.0. The van der Waals surface area contributed by atoms with E-state index in [0.29, 0.717) is 30.6 Å². The van der Waals surface area contributed by atoms with Crippen molar-refractivity contribution in [3.8, 4) is 0 Å². The normalized spacial score (nSPS) is 24.0. The molecule has 2 atom stereocenters. The molecule has 1 aliphatic carbocycles. The van der Waals surface area contributed by atoms with Gasteiger partial charge < -0.3 is 18.7 Å². The quantitative estimate of drug-likeness (QED) is 0.770. The van der Waals surface area contributed by atoms with Crippen molar-refractivity contribution in [2.45, 2.75) is 58.1 Å². The Hall–Kier alpha value is -2.22. The van der Waals surface area contributed by atoms with Crippen LogP contribution in [0.25, 0.3) is 0 Å². The molecule has 4 rings (SSSR count).